The molecule has 3 nitrogen and oxygen atoms in total. The molecular formula is C13H12ClN3S2. The molecule has 98 valence electrons. The predicted molar refractivity (Wildman–Crippen MR) is 83.4 cm³/mol. The van der Waals surface area contributed by atoms with E-state index in [1.165, 1.54) is 0 Å². The Labute approximate surface area is 124 Å². The third kappa shape index (κ3) is 2.73. The van der Waals surface area contributed by atoms with E-state index in [4.69, 9.17) is 11.6 Å². The molecule has 0 spiro atoms. The summed E-state index contributed by atoms with van der Waals surface area (Å²) in [6.45, 7) is 2.14. The quantitative estimate of drug-likeness (QED) is 0.739. The highest BCUT2D eigenvalue weighted by Crippen LogP contribution is 2.31. The van der Waals surface area contributed by atoms with E-state index in [2.05, 4.69) is 22.2 Å². The molecule has 0 aliphatic rings. The molecule has 19 heavy (non-hydrogen) atoms. The number of anilines is 1. The van der Waals surface area contributed by atoms with Gasteiger partial charge >= 0.3 is 0 Å². The van der Waals surface area contributed by atoms with Gasteiger partial charge in [-0.3, -0.25) is 0 Å². The Kier molecular flexibility index (Phi) is 3.68. The van der Waals surface area contributed by atoms with Gasteiger partial charge in [-0.2, -0.15) is 0 Å². The van der Waals surface area contributed by atoms with Gasteiger partial charge in [-0.1, -0.05) is 29.9 Å². The Balaban J connectivity index is 1.88. The van der Waals surface area contributed by atoms with E-state index in [1.807, 2.05) is 29.8 Å². The Morgan fingerprint density at radius 1 is 1.42 bits per heavy atom. The van der Waals surface area contributed by atoms with Crippen LogP contribution in [0.2, 0.25) is 5.02 Å². The summed E-state index contributed by atoms with van der Waals surface area (Å²) in [7, 11) is 0. The maximum atomic E-state index is 5.98. The first-order valence-corrected chi connectivity index (χ1v) is 8.05. The molecule has 0 fully saturated rings. The van der Waals surface area contributed by atoms with Crippen molar-refractivity contribution >= 4 is 49.6 Å². The third-order valence-corrected chi connectivity index (χ3v) is 4.90. The predicted octanol–water partition coefficient (Wildman–Crippen LogP) is 4.97. The zero-order chi connectivity index (χ0) is 13.2. The molecule has 1 atom stereocenters. The van der Waals surface area contributed by atoms with Crippen LogP contribution in [0, 0.1) is 0 Å². The molecule has 6 heteroatoms. The van der Waals surface area contributed by atoms with Crippen LogP contribution < -0.4 is 5.32 Å². The van der Waals surface area contributed by atoms with Crippen molar-refractivity contribution in [3.8, 4) is 0 Å². The highest BCUT2D eigenvalue weighted by molar-refractivity contribution is 7.22. The van der Waals surface area contributed by atoms with Crippen molar-refractivity contribution in [3.05, 3.63) is 39.8 Å². The minimum Gasteiger partial charge on any atom is -0.352 e. The van der Waals surface area contributed by atoms with Gasteiger partial charge in [0, 0.05) is 16.6 Å². The van der Waals surface area contributed by atoms with Gasteiger partial charge < -0.3 is 5.32 Å². The van der Waals surface area contributed by atoms with Gasteiger partial charge in [0.05, 0.1) is 16.3 Å². The molecule has 0 saturated carbocycles. The standard InChI is InChI=1S/C13H12ClN3S2/c1-2-9(12-15-5-6-18-12)16-13-17-10-7-8(14)3-4-11(10)19-13/h3-7,9H,2H2,1H3,(H,16,17). The zero-order valence-corrected chi connectivity index (χ0v) is 12.6. The van der Waals surface area contributed by atoms with Gasteiger partial charge in [-0.05, 0) is 24.6 Å². The molecule has 0 aliphatic carbocycles. The number of rotatable bonds is 4. The lowest BCUT2D eigenvalue weighted by Crippen LogP contribution is -2.08. The van der Waals surface area contributed by atoms with Crippen LogP contribution in [0.3, 0.4) is 0 Å². The van der Waals surface area contributed by atoms with Crippen molar-refractivity contribution in [2.24, 2.45) is 0 Å². The maximum Gasteiger partial charge on any atom is 0.184 e. The topological polar surface area (TPSA) is 37.8 Å². The van der Waals surface area contributed by atoms with Crippen LogP contribution in [-0.2, 0) is 0 Å². The first-order valence-electron chi connectivity index (χ1n) is 5.98. The van der Waals surface area contributed by atoms with Gasteiger partial charge in [0.1, 0.15) is 5.01 Å². The van der Waals surface area contributed by atoms with Gasteiger partial charge in [0.2, 0.25) is 0 Å². The van der Waals surface area contributed by atoms with Crippen LogP contribution in [0.4, 0.5) is 5.13 Å². The van der Waals surface area contributed by atoms with Crippen molar-refractivity contribution in [1.82, 2.24) is 9.97 Å². The first-order chi connectivity index (χ1) is 9.26. The minimum atomic E-state index is 0.219. The minimum absolute atomic E-state index is 0.219. The zero-order valence-electron chi connectivity index (χ0n) is 10.3. The molecule has 3 rings (SSSR count). The Morgan fingerprint density at radius 3 is 3.05 bits per heavy atom. The summed E-state index contributed by atoms with van der Waals surface area (Å²) < 4.78 is 1.14. The summed E-state index contributed by atoms with van der Waals surface area (Å²) >= 11 is 9.29. The van der Waals surface area contributed by atoms with E-state index in [0.29, 0.717) is 0 Å². The number of benzene rings is 1. The largest absolute Gasteiger partial charge is 0.352 e. The second kappa shape index (κ2) is 5.45. The molecule has 0 amide bonds. The summed E-state index contributed by atoms with van der Waals surface area (Å²) in [5.41, 5.74) is 0.939. The number of aromatic nitrogens is 2. The van der Waals surface area contributed by atoms with Crippen molar-refractivity contribution in [2.75, 3.05) is 5.32 Å². The molecule has 2 heterocycles. The van der Waals surface area contributed by atoms with E-state index < -0.39 is 0 Å². The fourth-order valence-corrected chi connectivity index (χ4v) is 3.69. The van der Waals surface area contributed by atoms with Crippen molar-refractivity contribution in [1.29, 1.82) is 0 Å². The van der Waals surface area contributed by atoms with Gasteiger partial charge in [0.15, 0.2) is 5.13 Å². The van der Waals surface area contributed by atoms with Crippen LogP contribution in [0.15, 0.2) is 29.8 Å². The summed E-state index contributed by atoms with van der Waals surface area (Å²) in [6.07, 6.45) is 2.81. The van der Waals surface area contributed by atoms with E-state index >= 15 is 0 Å². The molecule has 0 aliphatic heterocycles. The summed E-state index contributed by atoms with van der Waals surface area (Å²) in [6, 6.07) is 6.01. The van der Waals surface area contributed by atoms with Crippen LogP contribution in [0.1, 0.15) is 24.4 Å². The highest BCUT2D eigenvalue weighted by Gasteiger charge is 2.14. The van der Waals surface area contributed by atoms with Crippen LogP contribution in [-0.4, -0.2) is 9.97 Å². The lowest BCUT2D eigenvalue weighted by Gasteiger charge is -2.12. The average molecular weight is 310 g/mol. The molecule has 0 saturated heterocycles. The number of hydrogen-bond donors (Lipinski definition) is 1. The normalized spacial score (nSPS) is 12.7. The SMILES string of the molecule is CCC(Nc1nc2cc(Cl)ccc2s1)c1nccs1. The monoisotopic (exact) mass is 309 g/mol. The maximum absolute atomic E-state index is 5.98. The van der Waals surface area contributed by atoms with Crippen LogP contribution in [0.25, 0.3) is 10.2 Å². The van der Waals surface area contributed by atoms with Crippen molar-refractivity contribution < 1.29 is 0 Å². The fourth-order valence-electron chi connectivity index (χ4n) is 1.86. The van der Waals surface area contributed by atoms with Crippen LogP contribution >= 0.6 is 34.3 Å². The van der Waals surface area contributed by atoms with Crippen LogP contribution in [0.5, 0.6) is 0 Å². The molecule has 1 aromatic carbocycles. The fraction of sp³-hybridized carbons (Fsp3) is 0.231. The molecule has 1 unspecified atom stereocenters. The second-order valence-corrected chi connectivity index (χ2v) is 6.50. The molecule has 2 aromatic heterocycles. The van der Waals surface area contributed by atoms with Crippen molar-refractivity contribution in [3.63, 3.8) is 0 Å². The van der Waals surface area contributed by atoms with Crippen molar-refractivity contribution in [2.45, 2.75) is 19.4 Å². The van der Waals surface area contributed by atoms with E-state index in [-0.39, 0.29) is 6.04 Å². The summed E-state index contributed by atoms with van der Waals surface area (Å²) in [5.74, 6) is 0. The van der Waals surface area contributed by atoms with Gasteiger partial charge in [-0.25, -0.2) is 9.97 Å². The number of thiazole rings is 2. The average Bonchev–Trinajstić information content (AvgIpc) is 3.04. The first kappa shape index (κ1) is 12.8. The molecule has 1 N–H and O–H groups in total. The van der Waals surface area contributed by atoms with E-state index in [1.54, 1.807) is 22.7 Å². The molecule has 3 aromatic rings. The van der Waals surface area contributed by atoms with E-state index in [0.717, 1.165) is 31.8 Å². The molecule has 0 radical (unpaired) electrons. The number of hydrogen-bond acceptors (Lipinski definition) is 5. The number of nitrogens with zero attached hydrogens (tertiary/aromatic N) is 2. The summed E-state index contributed by atoms with van der Waals surface area (Å²) in [4.78, 5) is 8.93. The molecular weight excluding hydrogens is 298 g/mol. The smallest absolute Gasteiger partial charge is 0.184 e. The summed E-state index contributed by atoms with van der Waals surface area (Å²) in [5, 5.41) is 8.18. The lowest BCUT2D eigenvalue weighted by molar-refractivity contribution is 0.741. The Hall–Kier alpha value is -1.17. The van der Waals surface area contributed by atoms with Gasteiger partial charge in [0.25, 0.3) is 0 Å². The Morgan fingerprint density at radius 2 is 2.32 bits per heavy atom. The second-order valence-electron chi connectivity index (χ2n) is 4.11. The molecule has 0 bridgehead atoms. The lowest BCUT2D eigenvalue weighted by atomic mass is 10.2. The number of nitrogens with one attached hydrogen (secondary N) is 1. The third-order valence-electron chi connectivity index (χ3n) is 2.81. The van der Waals surface area contributed by atoms with E-state index in [9.17, 15) is 0 Å². The Bertz CT molecular complexity index is 678. The number of halogens is 1. The highest BCUT2D eigenvalue weighted by atomic mass is 35.5. The number of fused-ring (bicyclic) bond motifs is 1. The van der Waals surface area contributed by atoms with Gasteiger partial charge in [-0.15, -0.1) is 11.3 Å².